The number of carbonyl (C=O) groups is 1. The zero-order valence-electron chi connectivity index (χ0n) is 11.0. The maximum absolute atomic E-state index is 11.3. The van der Waals surface area contributed by atoms with Crippen LogP contribution in [0.3, 0.4) is 0 Å². The fraction of sp³-hybridized carbons (Fsp3) is 0.417. The molecule has 0 spiro atoms. The van der Waals surface area contributed by atoms with Crippen molar-refractivity contribution in [1.82, 2.24) is 5.32 Å². The minimum Gasteiger partial charge on any atom is -0.472 e. The average molecular weight is 268 g/mol. The van der Waals surface area contributed by atoms with E-state index in [1.165, 1.54) is 26.2 Å². The van der Waals surface area contributed by atoms with Crippen LogP contribution in [-0.4, -0.2) is 31.2 Å². The molecule has 0 aromatic heterocycles. The molecule has 104 valence electrons. The molecule has 7 heteroatoms. The molecule has 1 rings (SSSR count). The normalized spacial score (nSPS) is 11.7. The van der Waals surface area contributed by atoms with Crippen molar-refractivity contribution in [2.45, 2.75) is 19.6 Å². The number of benzene rings is 1. The quantitative estimate of drug-likeness (QED) is 0.474. The van der Waals surface area contributed by atoms with Gasteiger partial charge in [0.1, 0.15) is 0 Å². The summed E-state index contributed by atoms with van der Waals surface area (Å²) in [6.45, 7) is 2.02. The van der Waals surface area contributed by atoms with E-state index in [-0.39, 0.29) is 11.4 Å². The van der Waals surface area contributed by atoms with Crippen molar-refractivity contribution < 1.29 is 19.2 Å². The van der Waals surface area contributed by atoms with Crippen molar-refractivity contribution in [1.29, 1.82) is 0 Å². The summed E-state index contributed by atoms with van der Waals surface area (Å²) in [4.78, 5) is 21.6. The minimum absolute atomic E-state index is 0.0515. The van der Waals surface area contributed by atoms with Crippen molar-refractivity contribution >= 4 is 11.7 Å². The summed E-state index contributed by atoms with van der Waals surface area (Å²) >= 11 is 0. The lowest BCUT2D eigenvalue weighted by Crippen LogP contribution is -2.25. The van der Waals surface area contributed by atoms with Gasteiger partial charge in [-0.2, -0.15) is 0 Å². The topological polar surface area (TPSA) is 90.7 Å². The van der Waals surface area contributed by atoms with Crippen LogP contribution in [0.1, 0.15) is 12.5 Å². The fourth-order valence-electron chi connectivity index (χ4n) is 1.52. The Hall–Kier alpha value is -2.15. The van der Waals surface area contributed by atoms with E-state index in [9.17, 15) is 14.9 Å². The SMILES string of the molecule is CNCc1ccc([N+](=O)[O-])c(OC(C)C(=O)OC)c1. The van der Waals surface area contributed by atoms with Gasteiger partial charge in [-0.15, -0.1) is 0 Å². The Morgan fingerprint density at radius 3 is 2.74 bits per heavy atom. The molecule has 1 atom stereocenters. The Kier molecular flexibility index (Phi) is 5.25. The number of ether oxygens (including phenoxy) is 2. The molecule has 1 aromatic carbocycles. The molecule has 1 N–H and O–H groups in total. The molecule has 0 aliphatic heterocycles. The van der Waals surface area contributed by atoms with Crippen molar-refractivity contribution in [2.75, 3.05) is 14.2 Å². The summed E-state index contributed by atoms with van der Waals surface area (Å²) in [7, 11) is 2.99. The van der Waals surface area contributed by atoms with E-state index in [0.29, 0.717) is 6.54 Å². The molecular formula is C12H16N2O5. The van der Waals surface area contributed by atoms with E-state index >= 15 is 0 Å². The van der Waals surface area contributed by atoms with E-state index in [0.717, 1.165) is 5.56 Å². The lowest BCUT2D eigenvalue weighted by molar-refractivity contribution is -0.386. The van der Waals surface area contributed by atoms with Gasteiger partial charge in [0.15, 0.2) is 11.9 Å². The Morgan fingerprint density at radius 2 is 2.21 bits per heavy atom. The van der Waals surface area contributed by atoms with Gasteiger partial charge < -0.3 is 14.8 Å². The van der Waals surface area contributed by atoms with Gasteiger partial charge in [0.2, 0.25) is 0 Å². The van der Waals surface area contributed by atoms with E-state index in [2.05, 4.69) is 10.1 Å². The standard InChI is InChI=1S/C12H16N2O5/c1-8(12(15)18-3)19-11-6-9(7-13-2)4-5-10(11)14(16)17/h4-6,8,13H,7H2,1-3H3. The minimum atomic E-state index is -0.909. The molecule has 0 saturated carbocycles. The lowest BCUT2D eigenvalue weighted by atomic mass is 10.2. The summed E-state index contributed by atoms with van der Waals surface area (Å²) in [5, 5.41) is 13.8. The van der Waals surface area contributed by atoms with Gasteiger partial charge in [-0.3, -0.25) is 10.1 Å². The van der Waals surface area contributed by atoms with Crippen molar-refractivity contribution in [3.63, 3.8) is 0 Å². The number of esters is 1. The second kappa shape index (κ2) is 6.69. The highest BCUT2D eigenvalue weighted by molar-refractivity contribution is 5.74. The number of carbonyl (C=O) groups excluding carboxylic acids is 1. The summed E-state index contributed by atoms with van der Waals surface area (Å²) in [6, 6.07) is 4.52. The number of nitrogens with zero attached hydrogens (tertiary/aromatic N) is 1. The highest BCUT2D eigenvalue weighted by atomic mass is 16.6. The zero-order valence-corrected chi connectivity index (χ0v) is 11.0. The first-order valence-corrected chi connectivity index (χ1v) is 5.66. The molecule has 1 unspecified atom stereocenters. The smallest absolute Gasteiger partial charge is 0.346 e. The third-order valence-electron chi connectivity index (χ3n) is 2.44. The number of rotatable bonds is 6. The highest BCUT2D eigenvalue weighted by Crippen LogP contribution is 2.29. The van der Waals surface area contributed by atoms with Crippen LogP contribution >= 0.6 is 0 Å². The van der Waals surface area contributed by atoms with Gasteiger partial charge in [0.25, 0.3) is 0 Å². The molecule has 0 saturated heterocycles. The van der Waals surface area contributed by atoms with Crippen LogP contribution in [0.5, 0.6) is 5.75 Å². The van der Waals surface area contributed by atoms with Crippen molar-refractivity contribution in [3.8, 4) is 5.75 Å². The van der Waals surface area contributed by atoms with Gasteiger partial charge in [-0.1, -0.05) is 6.07 Å². The van der Waals surface area contributed by atoms with E-state index in [4.69, 9.17) is 4.74 Å². The monoisotopic (exact) mass is 268 g/mol. The first kappa shape index (κ1) is 14.9. The maximum Gasteiger partial charge on any atom is 0.346 e. The van der Waals surface area contributed by atoms with Gasteiger partial charge in [-0.05, 0) is 25.6 Å². The number of nitro benzene ring substituents is 1. The molecular weight excluding hydrogens is 252 g/mol. The molecule has 0 bridgehead atoms. The number of nitrogens with one attached hydrogen (secondary N) is 1. The number of hydrogen-bond acceptors (Lipinski definition) is 6. The lowest BCUT2D eigenvalue weighted by Gasteiger charge is -2.13. The summed E-state index contributed by atoms with van der Waals surface area (Å²) in [6.07, 6.45) is -0.909. The average Bonchev–Trinajstić information content (AvgIpc) is 2.38. The summed E-state index contributed by atoms with van der Waals surface area (Å²) < 4.78 is 9.82. The van der Waals surface area contributed by atoms with Crippen LogP contribution in [0, 0.1) is 10.1 Å². The third-order valence-corrected chi connectivity index (χ3v) is 2.44. The number of methoxy groups -OCH3 is 1. The Labute approximate surface area is 110 Å². The van der Waals surface area contributed by atoms with Gasteiger partial charge in [-0.25, -0.2) is 4.79 Å². The van der Waals surface area contributed by atoms with Crippen LogP contribution in [0.15, 0.2) is 18.2 Å². The van der Waals surface area contributed by atoms with Gasteiger partial charge >= 0.3 is 11.7 Å². The third kappa shape index (κ3) is 3.92. The molecule has 19 heavy (non-hydrogen) atoms. The van der Waals surface area contributed by atoms with E-state index in [1.807, 2.05) is 0 Å². The largest absolute Gasteiger partial charge is 0.472 e. The first-order valence-electron chi connectivity index (χ1n) is 5.66. The predicted molar refractivity (Wildman–Crippen MR) is 68.0 cm³/mol. The Balaban J connectivity index is 3.03. The molecule has 0 radical (unpaired) electrons. The van der Waals surface area contributed by atoms with E-state index in [1.54, 1.807) is 13.1 Å². The Morgan fingerprint density at radius 1 is 1.53 bits per heavy atom. The van der Waals surface area contributed by atoms with Crippen LogP contribution in [0.2, 0.25) is 0 Å². The van der Waals surface area contributed by atoms with Gasteiger partial charge in [0, 0.05) is 12.6 Å². The molecule has 0 heterocycles. The van der Waals surface area contributed by atoms with Crippen molar-refractivity contribution in [2.24, 2.45) is 0 Å². The molecule has 1 aromatic rings. The number of nitro groups is 1. The molecule has 7 nitrogen and oxygen atoms in total. The molecule has 0 amide bonds. The van der Waals surface area contributed by atoms with Crippen LogP contribution in [0.25, 0.3) is 0 Å². The highest BCUT2D eigenvalue weighted by Gasteiger charge is 2.21. The van der Waals surface area contributed by atoms with Crippen molar-refractivity contribution in [3.05, 3.63) is 33.9 Å². The predicted octanol–water partition coefficient (Wildman–Crippen LogP) is 1.25. The number of hydrogen-bond donors (Lipinski definition) is 1. The molecule has 0 aliphatic carbocycles. The second-order valence-corrected chi connectivity index (χ2v) is 3.87. The fourth-order valence-corrected chi connectivity index (χ4v) is 1.52. The van der Waals surface area contributed by atoms with Crippen LogP contribution in [-0.2, 0) is 16.1 Å². The van der Waals surface area contributed by atoms with Crippen LogP contribution in [0.4, 0.5) is 5.69 Å². The Bertz CT molecular complexity index is 475. The summed E-state index contributed by atoms with van der Waals surface area (Å²) in [5.41, 5.74) is 0.635. The maximum atomic E-state index is 11.3. The first-order chi connectivity index (χ1) is 8.99. The van der Waals surface area contributed by atoms with E-state index < -0.39 is 17.0 Å². The zero-order chi connectivity index (χ0) is 14.4. The summed E-state index contributed by atoms with van der Waals surface area (Å²) in [5.74, 6) is -0.538. The second-order valence-electron chi connectivity index (χ2n) is 3.87. The van der Waals surface area contributed by atoms with Gasteiger partial charge in [0.05, 0.1) is 12.0 Å². The molecule has 0 aliphatic rings. The van der Waals surface area contributed by atoms with Crippen LogP contribution < -0.4 is 10.1 Å². The molecule has 0 fully saturated rings.